The van der Waals surface area contributed by atoms with Gasteiger partial charge >= 0.3 is 0 Å². The summed E-state index contributed by atoms with van der Waals surface area (Å²) in [5.74, 6) is 0.552. The lowest BCUT2D eigenvalue weighted by Crippen LogP contribution is -2.47. The summed E-state index contributed by atoms with van der Waals surface area (Å²) in [6.07, 6.45) is 1.46. The summed E-state index contributed by atoms with van der Waals surface area (Å²) in [5, 5.41) is 2.80. The first-order chi connectivity index (χ1) is 15.0. The summed E-state index contributed by atoms with van der Waals surface area (Å²) < 4.78 is 24.9. The largest absolute Gasteiger partial charge is 0.497 e. The minimum atomic E-state index is -0.707. The SMILES string of the molecule is CCCNC(=O)[C@@H](C)N(Cc1ccccc1F)C(=O)CCCOc1ccc(OC)cc1. The summed E-state index contributed by atoms with van der Waals surface area (Å²) in [6, 6.07) is 12.8. The lowest BCUT2D eigenvalue weighted by molar-refractivity contribution is -0.140. The molecule has 0 saturated carbocycles. The smallest absolute Gasteiger partial charge is 0.242 e. The number of methoxy groups -OCH3 is 1. The summed E-state index contributed by atoms with van der Waals surface area (Å²) >= 11 is 0. The maximum absolute atomic E-state index is 14.2. The number of benzene rings is 2. The zero-order chi connectivity index (χ0) is 22.6. The van der Waals surface area contributed by atoms with Crippen LogP contribution in [0.1, 0.15) is 38.7 Å². The molecule has 1 atom stereocenters. The Kier molecular flexibility index (Phi) is 9.81. The van der Waals surface area contributed by atoms with Crippen LogP contribution in [0.3, 0.4) is 0 Å². The Hall–Kier alpha value is -3.09. The van der Waals surface area contributed by atoms with E-state index in [0.717, 1.165) is 12.2 Å². The molecule has 0 heterocycles. The Labute approximate surface area is 183 Å². The molecule has 168 valence electrons. The molecule has 0 aliphatic carbocycles. The molecule has 31 heavy (non-hydrogen) atoms. The monoisotopic (exact) mass is 430 g/mol. The van der Waals surface area contributed by atoms with Crippen LogP contribution in [-0.4, -0.2) is 43.0 Å². The van der Waals surface area contributed by atoms with Gasteiger partial charge in [0.05, 0.1) is 13.7 Å². The van der Waals surface area contributed by atoms with Gasteiger partial charge in [-0.1, -0.05) is 25.1 Å². The zero-order valence-corrected chi connectivity index (χ0v) is 18.4. The van der Waals surface area contributed by atoms with E-state index in [4.69, 9.17) is 9.47 Å². The molecule has 0 fully saturated rings. The molecular weight excluding hydrogens is 399 g/mol. The van der Waals surface area contributed by atoms with E-state index in [-0.39, 0.29) is 24.8 Å². The van der Waals surface area contributed by atoms with Gasteiger partial charge in [0.15, 0.2) is 0 Å². The Morgan fingerprint density at radius 2 is 1.77 bits per heavy atom. The molecule has 0 aliphatic heterocycles. The second-order valence-corrected chi connectivity index (χ2v) is 7.21. The highest BCUT2D eigenvalue weighted by Gasteiger charge is 2.26. The first-order valence-corrected chi connectivity index (χ1v) is 10.5. The molecule has 2 aromatic carbocycles. The summed E-state index contributed by atoms with van der Waals surface area (Å²) in [4.78, 5) is 26.8. The number of ether oxygens (including phenoxy) is 2. The van der Waals surface area contributed by atoms with Crippen LogP contribution in [0.4, 0.5) is 4.39 Å². The summed E-state index contributed by atoms with van der Waals surface area (Å²) in [6.45, 7) is 4.53. The van der Waals surface area contributed by atoms with Gasteiger partial charge in [-0.15, -0.1) is 0 Å². The maximum Gasteiger partial charge on any atom is 0.242 e. The zero-order valence-electron chi connectivity index (χ0n) is 18.4. The fourth-order valence-electron chi connectivity index (χ4n) is 3.02. The van der Waals surface area contributed by atoms with Crippen LogP contribution in [-0.2, 0) is 16.1 Å². The molecule has 0 unspecified atom stereocenters. The predicted octanol–water partition coefficient (Wildman–Crippen LogP) is 3.94. The quantitative estimate of drug-likeness (QED) is 0.518. The van der Waals surface area contributed by atoms with Crippen molar-refractivity contribution in [1.82, 2.24) is 10.2 Å². The fraction of sp³-hybridized carbons (Fsp3) is 0.417. The van der Waals surface area contributed by atoms with E-state index in [1.807, 2.05) is 6.92 Å². The van der Waals surface area contributed by atoms with Gasteiger partial charge in [-0.2, -0.15) is 0 Å². The van der Waals surface area contributed by atoms with Gasteiger partial charge in [0.1, 0.15) is 23.4 Å². The van der Waals surface area contributed by atoms with Gasteiger partial charge < -0.3 is 19.7 Å². The Morgan fingerprint density at radius 3 is 2.42 bits per heavy atom. The van der Waals surface area contributed by atoms with Crippen LogP contribution in [0.2, 0.25) is 0 Å². The average Bonchev–Trinajstić information content (AvgIpc) is 2.79. The van der Waals surface area contributed by atoms with Crippen LogP contribution in [0.5, 0.6) is 11.5 Å². The van der Waals surface area contributed by atoms with Gasteiger partial charge in [0.2, 0.25) is 11.8 Å². The van der Waals surface area contributed by atoms with Gasteiger partial charge in [0, 0.05) is 25.1 Å². The minimum Gasteiger partial charge on any atom is -0.497 e. The molecule has 6 nitrogen and oxygen atoms in total. The molecule has 7 heteroatoms. The number of nitrogens with zero attached hydrogens (tertiary/aromatic N) is 1. The summed E-state index contributed by atoms with van der Waals surface area (Å²) in [5.41, 5.74) is 0.375. The van der Waals surface area contributed by atoms with E-state index >= 15 is 0 Å². The molecule has 0 spiro atoms. The Bertz CT molecular complexity index is 842. The molecule has 2 rings (SSSR count). The summed E-state index contributed by atoms with van der Waals surface area (Å²) in [7, 11) is 1.60. The first kappa shape index (κ1) is 24.2. The van der Waals surface area contributed by atoms with Crippen molar-refractivity contribution in [2.24, 2.45) is 0 Å². The van der Waals surface area contributed by atoms with Crippen molar-refractivity contribution in [2.75, 3.05) is 20.3 Å². The average molecular weight is 431 g/mol. The number of halogens is 1. The Morgan fingerprint density at radius 1 is 1.10 bits per heavy atom. The van der Waals surface area contributed by atoms with Crippen molar-refractivity contribution >= 4 is 11.8 Å². The van der Waals surface area contributed by atoms with E-state index in [0.29, 0.717) is 30.9 Å². The topological polar surface area (TPSA) is 67.9 Å². The standard InChI is InChI=1S/C24H31FN2O4/c1-4-15-26-24(29)18(2)27(17-19-8-5-6-9-22(19)25)23(28)10-7-16-31-21-13-11-20(30-3)12-14-21/h5-6,8-9,11-14,18H,4,7,10,15-17H2,1-3H3,(H,26,29)/t18-/m1/s1. The van der Waals surface area contributed by atoms with Crippen molar-refractivity contribution in [3.05, 3.63) is 59.9 Å². The second kappa shape index (κ2) is 12.6. The lowest BCUT2D eigenvalue weighted by atomic mass is 10.1. The van der Waals surface area contributed by atoms with Crippen LogP contribution in [0.15, 0.2) is 48.5 Å². The van der Waals surface area contributed by atoms with Crippen molar-refractivity contribution in [2.45, 2.75) is 45.7 Å². The molecule has 0 saturated heterocycles. The molecule has 0 bridgehead atoms. The van der Waals surface area contributed by atoms with Crippen molar-refractivity contribution in [1.29, 1.82) is 0 Å². The number of amides is 2. The van der Waals surface area contributed by atoms with E-state index in [1.54, 1.807) is 56.5 Å². The highest BCUT2D eigenvalue weighted by atomic mass is 19.1. The van der Waals surface area contributed by atoms with Crippen molar-refractivity contribution < 1.29 is 23.5 Å². The number of nitrogens with one attached hydrogen (secondary N) is 1. The molecule has 2 amide bonds. The predicted molar refractivity (Wildman–Crippen MR) is 117 cm³/mol. The third kappa shape index (κ3) is 7.59. The number of rotatable bonds is 12. The maximum atomic E-state index is 14.2. The van der Waals surface area contributed by atoms with Crippen molar-refractivity contribution in [3.8, 4) is 11.5 Å². The third-order valence-corrected chi connectivity index (χ3v) is 4.88. The van der Waals surface area contributed by atoms with E-state index in [1.165, 1.54) is 11.0 Å². The third-order valence-electron chi connectivity index (χ3n) is 4.88. The fourth-order valence-corrected chi connectivity index (χ4v) is 3.02. The Balaban J connectivity index is 1.97. The number of carbonyl (C=O) groups excluding carboxylic acids is 2. The van der Waals surface area contributed by atoms with Gasteiger partial charge in [0.25, 0.3) is 0 Å². The van der Waals surface area contributed by atoms with Crippen LogP contribution < -0.4 is 14.8 Å². The highest BCUT2D eigenvalue weighted by Crippen LogP contribution is 2.18. The molecule has 0 radical (unpaired) electrons. The van der Waals surface area contributed by atoms with E-state index < -0.39 is 11.9 Å². The molecule has 1 N–H and O–H groups in total. The molecular formula is C24H31FN2O4. The van der Waals surface area contributed by atoms with E-state index in [2.05, 4.69) is 5.32 Å². The number of carbonyl (C=O) groups is 2. The van der Waals surface area contributed by atoms with Gasteiger partial charge in [-0.05, 0) is 50.1 Å². The first-order valence-electron chi connectivity index (χ1n) is 10.5. The molecule has 0 aromatic heterocycles. The normalized spacial score (nSPS) is 11.5. The molecule has 2 aromatic rings. The van der Waals surface area contributed by atoms with Crippen molar-refractivity contribution in [3.63, 3.8) is 0 Å². The van der Waals surface area contributed by atoms with Crippen LogP contribution >= 0.6 is 0 Å². The van der Waals surface area contributed by atoms with Crippen LogP contribution in [0, 0.1) is 5.82 Å². The second-order valence-electron chi connectivity index (χ2n) is 7.21. The van der Waals surface area contributed by atoms with Crippen LogP contribution in [0.25, 0.3) is 0 Å². The van der Waals surface area contributed by atoms with Gasteiger partial charge in [-0.3, -0.25) is 9.59 Å². The highest BCUT2D eigenvalue weighted by molar-refractivity contribution is 5.87. The number of hydrogen-bond acceptors (Lipinski definition) is 4. The molecule has 0 aliphatic rings. The lowest BCUT2D eigenvalue weighted by Gasteiger charge is -2.29. The van der Waals surface area contributed by atoms with Gasteiger partial charge in [-0.25, -0.2) is 4.39 Å². The number of hydrogen-bond donors (Lipinski definition) is 1. The van der Waals surface area contributed by atoms with E-state index in [9.17, 15) is 14.0 Å². The minimum absolute atomic E-state index is 0.0333.